The van der Waals surface area contributed by atoms with E-state index in [0.29, 0.717) is 18.5 Å². The second kappa shape index (κ2) is 8.15. The number of guanidine groups is 1. The predicted octanol–water partition coefficient (Wildman–Crippen LogP) is 1.71. The Hall–Kier alpha value is -1.82. The minimum atomic E-state index is 0.304. The maximum Gasteiger partial charge on any atom is 0.213 e. The highest BCUT2D eigenvalue weighted by Crippen LogP contribution is 2.29. The third-order valence-corrected chi connectivity index (χ3v) is 4.17. The van der Waals surface area contributed by atoms with Gasteiger partial charge in [-0.05, 0) is 37.2 Å². The lowest BCUT2D eigenvalue weighted by molar-refractivity contribution is 0.114. The maximum absolute atomic E-state index is 5.65. The van der Waals surface area contributed by atoms with Crippen LogP contribution in [0.1, 0.15) is 31.2 Å². The summed E-state index contributed by atoms with van der Waals surface area (Å²) in [5.41, 5.74) is 1.10. The fraction of sp³-hybridized carbons (Fsp3) is 0.647. The number of rotatable bonds is 7. The Morgan fingerprint density at radius 1 is 1.35 bits per heavy atom. The minimum Gasteiger partial charge on any atom is -0.477 e. The molecule has 1 aromatic heterocycles. The summed E-state index contributed by atoms with van der Waals surface area (Å²) in [4.78, 5) is 8.58. The highest BCUT2D eigenvalue weighted by molar-refractivity contribution is 5.79. The zero-order valence-corrected chi connectivity index (χ0v) is 13.8. The van der Waals surface area contributed by atoms with Gasteiger partial charge in [0.05, 0.1) is 12.7 Å². The van der Waals surface area contributed by atoms with Crippen molar-refractivity contribution in [1.29, 1.82) is 0 Å². The Bertz CT molecular complexity index is 508. The van der Waals surface area contributed by atoms with Crippen LogP contribution < -0.4 is 15.4 Å². The first-order valence-corrected chi connectivity index (χ1v) is 8.47. The first kappa shape index (κ1) is 16.1. The third kappa shape index (κ3) is 5.39. The van der Waals surface area contributed by atoms with Crippen LogP contribution in [0.2, 0.25) is 0 Å². The van der Waals surface area contributed by atoms with Crippen molar-refractivity contribution < 1.29 is 9.47 Å². The van der Waals surface area contributed by atoms with Gasteiger partial charge in [-0.3, -0.25) is 4.99 Å². The van der Waals surface area contributed by atoms with Crippen LogP contribution >= 0.6 is 0 Å². The Morgan fingerprint density at radius 2 is 2.26 bits per heavy atom. The molecule has 1 saturated heterocycles. The molecule has 23 heavy (non-hydrogen) atoms. The molecular weight excluding hydrogens is 292 g/mol. The van der Waals surface area contributed by atoms with E-state index in [4.69, 9.17) is 9.47 Å². The number of hydrogen-bond donors (Lipinski definition) is 2. The Kier molecular flexibility index (Phi) is 5.69. The van der Waals surface area contributed by atoms with E-state index in [1.807, 2.05) is 18.3 Å². The molecule has 0 spiro atoms. The summed E-state index contributed by atoms with van der Waals surface area (Å²) < 4.78 is 11.2. The molecule has 1 unspecified atom stereocenters. The van der Waals surface area contributed by atoms with E-state index in [9.17, 15) is 0 Å². The van der Waals surface area contributed by atoms with Crippen molar-refractivity contribution in [2.45, 2.75) is 38.3 Å². The molecule has 1 atom stereocenters. The summed E-state index contributed by atoms with van der Waals surface area (Å²) >= 11 is 0. The lowest BCUT2D eigenvalue weighted by Crippen LogP contribution is -2.40. The summed E-state index contributed by atoms with van der Waals surface area (Å²) in [6.07, 6.45) is 7.01. The van der Waals surface area contributed by atoms with E-state index in [-0.39, 0.29) is 0 Å². The molecule has 2 fully saturated rings. The number of nitrogens with one attached hydrogen (secondary N) is 2. The molecule has 0 aromatic carbocycles. The maximum atomic E-state index is 5.65. The Labute approximate surface area is 137 Å². The summed E-state index contributed by atoms with van der Waals surface area (Å²) in [5.74, 6) is 2.24. The largest absolute Gasteiger partial charge is 0.477 e. The van der Waals surface area contributed by atoms with Crippen LogP contribution in [0.5, 0.6) is 5.88 Å². The highest BCUT2D eigenvalue weighted by Gasteiger charge is 2.22. The Balaban J connectivity index is 1.38. The van der Waals surface area contributed by atoms with E-state index in [1.165, 1.54) is 12.8 Å². The number of nitrogens with zero attached hydrogens (tertiary/aromatic N) is 2. The fourth-order valence-corrected chi connectivity index (χ4v) is 2.51. The molecular formula is C17H26N4O2. The zero-order valence-electron chi connectivity index (χ0n) is 13.8. The zero-order chi connectivity index (χ0) is 15.9. The molecule has 3 rings (SSSR count). The highest BCUT2D eigenvalue weighted by atomic mass is 16.5. The topological polar surface area (TPSA) is 67.8 Å². The van der Waals surface area contributed by atoms with Crippen LogP contribution in [-0.2, 0) is 11.3 Å². The second-order valence-corrected chi connectivity index (χ2v) is 6.20. The van der Waals surface area contributed by atoms with Gasteiger partial charge >= 0.3 is 0 Å². The van der Waals surface area contributed by atoms with E-state index in [0.717, 1.165) is 50.0 Å². The predicted molar refractivity (Wildman–Crippen MR) is 89.6 cm³/mol. The molecule has 1 aliphatic carbocycles. The van der Waals surface area contributed by atoms with Gasteiger partial charge < -0.3 is 20.1 Å². The fourth-order valence-electron chi connectivity index (χ4n) is 2.51. The van der Waals surface area contributed by atoms with Gasteiger partial charge in [-0.2, -0.15) is 0 Å². The molecule has 2 heterocycles. The number of ether oxygens (including phenoxy) is 2. The van der Waals surface area contributed by atoms with E-state index in [2.05, 4.69) is 20.6 Å². The van der Waals surface area contributed by atoms with Crippen LogP contribution in [0.15, 0.2) is 23.3 Å². The van der Waals surface area contributed by atoms with Crippen molar-refractivity contribution in [3.05, 3.63) is 23.9 Å². The van der Waals surface area contributed by atoms with Gasteiger partial charge in [0.15, 0.2) is 5.96 Å². The molecule has 1 aromatic rings. The monoisotopic (exact) mass is 318 g/mol. The van der Waals surface area contributed by atoms with Crippen molar-refractivity contribution in [2.75, 3.05) is 26.8 Å². The van der Waals surface area contributed by atoms with Crippen LogP contribution in [0, 0.1) is 5.92 Å². The summed E-state index contributed by atoms with van der Waals surface area (Å²) in [7, 11) is 1.78. The average molecular weight is 318 g/mol. The standard InChI is InChI=1S/C17H26N4O2/c1-18-17(21-11-15-3-2-8-22-15)20-10-14-6-7-16(19-9-14)23-12-13-4-5-13/h6-7,9,13,15H,2-5,8,10-12H2,1H3,(H2,18,20,21). The molecule has 126 valence electrons. The van der Waals surface area contributed by atoms with Gasteiger partial charge in [0.25, 0.3) is 0 Å². The van der Waals surface area contributed by atoms with Crippen molar-refractivity contribution in [3.8, 4) is 5.88 Å². The summed E-state index contributed by atoms with van der Waals surface area (Å²) in [6.45, 7) is 3.15. The molecule has 0 amide bonds. The molecule has 6 nitrogen and oxygen atoms in total. The van der Waals surface area contributed by atoms with Gasteiger partial charge in [-0.15, -0.1) is 0 Å². The van der Waals surface area contributed by atoms with Crippen LogP contribution in [0.4, 0.5) is 0 Å². The number of aliphatic imine (C=N–C) groups is 1. The lowest BCUT2D eigenvalue weighted by Gasteiger charge is -2.15. The Morgan fingerprint density at radius 3 is 2.91 bits per heavy atom. The van der Waals surface area contributed by atoms with E-state index in [1.54, 1.807) is 7.05 Å². The van der Waals surface area contributed by atoms with Crippen molar-refractivity contribution in [3.63, 3.8) is 0 Å². The number of hydrogen-bond acceptors (Lipinski definition) is 4. The second-order valence-electron chi connectivity index (χ2n) is 6.20. The van der Waals surface area contributed by atoms with Crippen LogP contribution in [0.3, 0.4) is 0 Å². The van der Waals surface area contributed by atoms with Crippen molar-refractivity contribution in [1.82, 2.24) is 15.6 Å². The van der Waals surface area contributed by atoms with Gasteiger partial charge in [0.1, 0.15) is 0 Å². The molecule has 6 heteroatoms. The number of aromatic nitrogens is 1. The molecule has 2 N–H and O–H groups in total. The molecule has 1 saturated carbocycles. The third-order valence-electron chi connectivity index (χ3n) is 4.17. The normalized spacial score (nSPS) is 21.3. The smallest absolute Gasteiger partial charge is 0.213 e. The molecule has 1 aliphatic heterocycles. The van der Waals surface area contributed by atoms with Crippen LogP contribution in [-0.4, -0.2) is 43.9 Å². The van der Waals surface area contributed by atoms with Crippen molar-refractivity contribution in [2.24, 2.45) is 10.9 Å². The van der Waals surface area contributed by atoms with Gasteiger partial charge in [-0.25, -0.2) is 4.98 Å². The lowest BCUT2D eigenvalue weighted by atomic mass is 10.2. The molecule has 2 aliphatic rings. The van der Waals surface area contributed by atoms with Crippen molar-refractivity contribution >= 4 is 5.96 Å². The minimum absolute atomic E-state index is 0.304. The van der Waals surface area contributed by atoms with Gasteiger partial charge in [0, 0.05) is 39.0 Å². The first-order chi connectivity index (χ1) is 11.3. The van der Waals surface area contributed by atoms with Crippen LogP contribution in [0.25, 0.3) is 0 Å². The van der Waals surface area contributed by atoms with Gasteiger partial charge in [0.2, 0.25) is 5.88 Å². The molecule has 0 bridgehead atoms. The SMILES string of the molecule is CN=C(NCc1ccc(OCC2CC2)nc1)NCC1CCCO1. The summed E-state index contributed by atoms with van der Waals surface area (Å²) in [5, 5.41) is 6.59. The first-order valence-electron chi connectivity index (χ1n) is 8.47. The van der Waals surface area contributed by atoms with E-state index < -0.39 is 0 Å². The summed E-state index contributed by atoms with van der Waals surface area (Å²) in [6, 6.07) is 3.97. The molecule has 0 radical (unpaired) electrons. The average Bonchev–Trinajstić information content (AvgIpc) is 3.28. The number of pyridine rings is 1. The van der Waals surface area contributed by atoms with Gasteiger partial charge in [-0.1, -0.05) is 6.07 Å². The van der Waals surface area contributed by atoms with E-state index >= 15 is 0 Å². The quantitative estimate of drug-likeness (QED) is 0.592.